The van der Waals surface area contributed by atoms with Crippen LogP contribution in [0.3, 0.4) is 0 Å². The maximum absolute atomic E-state index is 15.0. The zero-order valence-corrected chi connectivity index (χ0v) is 31.2. The molecule has 3 saturated heterocycles. The molecule has 2 N–H and O–H groups in total. The summed E-state index contributed by atoms with van der Waals surface area (Å²) in [5.41, 5.74) is 0.241. The molecule has 1 spiro atoms. The third-order valence-corrected chi connectivity index (χ3v) is 11.0. The van der Waals surface area contributed by atoms with Crippen LogP contribution in [-0.2, 0) is 39.8 Å². The Morgan fingerprint density at radius 3 is 2.43 bits per heavy atom. The van der Waals surface area contributed by atoms with Gasteiger partial charge in [0.05, 0.1) is 43.2 Å². The number of hydrogen-bond donors (Lipinski definition) is 2. The normalized spacial score (nSPS) is 25.2. The first-order chi connectivity index (χ1) is 25.6. The van der Waals surface area contributed by atoms with E-state index < -0.39 is 66.3 Å². The first kappa shape index (κ1) is 39.9. The molecule has 0 aromatic heterocycles. The summed E-state index contributed by atoms with van der Waals surface area (Å²) in [5.74, 6) is -3.62. The molecule has 5 rings (SSSR count). The largest absolute Gasteiger partial charge is 0.455 e. The van der Waals surface area contributed by atoms with Crippen molar-refractivity contribution in [3.63, 3.8) is 0 Å². The van der Waals surface area contributed by atoms with Crippen LogP contribution >= 0.6 is 0 Å². The monoisotopic (exact) mass is 729 g/mol. The Balaban J connectivity index is 1.53. The Bertz CT molecular complexity index is 1590. The van der Waals surface area contributed by atoms with Crippen molar-refractivity contribution in [2.24, 2.45) is 11.8 Å². The van der Waals surface area contributed by atoms with E-state index in [0.717, 1.165) is 18.4 Å². The molecule has 3 aliphatic rings. The fourth-order valence-electron chi connectivity index (χ4n) is 8.65. The van der Waals surface area contributed by atoms with Crippen LogP contribution in [0, 0.1) is 11.8 Å². The Labute approximate surface area is 313 Å². The Morgan fingerprint density at radius 2 is 1.81 bits per heavy atom. The molecule has 2 aromatic rings. The van der Waals surface area contributed by atoms with Crippen molar-refractivity contribution in [1.82, 2.24) is 15.1 Å². The van der Waals surface area contributed by atoms with Crippen molar-refractivity contribution in [2.75, 3.05) is 26.9 Å². The fourth-order valence-corrected chi connectivity index (χ4v) is 8.65. The number of amides is 3. The molecule has 11 nitrogen and oxygen atoms in total. The molecule has 286 valence electrons. The summed E-state index contributed by atoms with van der Waals surface area (Å²) in [5, 5.41) is 13.8. The van der Waals surface area contributed by atoms with Crippen molar-refractivity contribution in [2.45, 2.75) is 101 Å². The van der Waals surface area contributed by atoms with E-state index in [9.17, 15) is 24.3 Å². The Morgan fingerprint density at radius 1 is 1.11 bits per heavy atom. The molecule has 0 saturated carbocycles. The lowest BCUT2D eigenvalue weighted by Gasteiger charge is -2.41. The molecule has 53 heavy (non-hydrogen) atoms. The van der Waals surface area contributed by atoms with Crippen molar-refractivity contribution in [3.05, 3.63) is 97.1 Å². The van der Waals surface area contributed by atoms with Crippen molar-refractivity contribution < 1.29 is 38.5 Å². The molecule has 2 bridgehead atoms. The quantitative estimate of drug-likeness (QED) is 0.150. The highest BCUT2D eigenvalue weighted by Gasteiger charge is 2.76. The Hall–Kier alpha value is -4.32. The molecule has 2 aromatic carbocycles. The predicted octanol–water partition coefficient (Wildman–Crippen LogP) is 4.55. The van der Waals surface area contributed by atoms with Gasteiger partial charge >= 0.3 is 5.97 Å². The summed E-state index contributed by atoms with van der Waals surface area (Å²) in [6, 6.07) is 15.9. The summed E-state index contributed by atoms with van der Waals surface area (Å²) < 4.78 is 18.6. The van der Waals surface area contributed by atoms with Gasteiger partial charge < -0.3 is 34.4 Å². The molecule has 0 aliphatic carbocycles. The number of likely N-dealkylation sites (tertiary alicyclic amines) is 1. The molecule has 3 aliphatic heterocycles. The van der Waals surface area contributed by atoms with E-state index in [1.165, 1.54) is 12.0 Å². The number of benzene rings is 2. The third kappa shape index (κ3) is 8.27. The van der Waals surface area contributed by atoms with Crippen LogP contribution in [0.5, 0.6) is 0 Å². The van der Waals surface area contributed by atoms with Gasteiger partial charge in [-0.1, -0.05) is 86.2 Å². The first-order valence-corrected chi connectivity index (χ1v) is 18.9. The summed E-state index contributed by atoms with van der Waals surface area (Å²) in [7, 11) is 1.51. The number of carbonyl (C=O) groups excluding carboxylic acids is 4. The number of ether oxygens (including phenoxy) is 3. The second-order valence-electron chi connectivity index (χ2n) is 14.5. The van der Waals surface area contributed by atoms with E-state index in [2.05, 4.69) is 25.4 Å². The van der Waals surface area contributed by atoms with Crippen LogP contribution in [0.2, 0.25) is 0 Å². The lowest BCUT2D eigenvalue weighted by atomic mass is 9.70. The van der Waals surface area contributed by atoms with E-state index >= 15 is 0 Å². The molecule has 3 fully saturated rings. The van der Waals surface area contributed by atoms with E-state index in [1.807, 2.05) is 67.6 Å². The van der Waals surface area contributed by atoms with Gasteiger partial charge in [-0.15, -0.1) is 13.2 Å². The van der Waals surface area contributed by atoms with E-state index in [0.29, 0.717) is 31.2 Å². The van der Waals surface area contributed by atoms with E-state index in [4.69, 9.17) is 14.2 Å². The summed E-state index contributed by atoms with van der Waals surface area (Å²) in [4.78, 5) is 60.7. The average Bonchev–Trinajstić information content (AvgIpc) is 3.82. The zero-order chi connectivity index (χ0) is 38.1. The third-order valence-electron chi connectivity index (χ3n) is 11.0. The van der Waals surface area contributed by atoms with Crippen LogP contribution in [0.15, 0.2) is 86.0 Å². The van der Waals surface area contributed by atoms with Gasteiger partial charge in [-0.3, -0.25) is 19.2 Å². The minimum atomic E-state index is -1.30. The minimum Gasteiger partial charge on any atom is -0.455 e. The smallest absolute Gasteiger partial charge is 0.313 e. The number of nitrogens with zero attached hydrogens (tertiary/aromatic N) is 2. The second kappa shape index (κ2) is 18.1. The number of nitrogens with one attached hydrogen (secondary N) is 1. The highest BCUT2D eigenvalue weighted by Crippen LogP contribution is 2.59. The molecule has 3 amide bonds. The number of fused-ring (bicyclic) bond motifs is 1. The average molecular weight is 730 g/mol. The van der Waals surface area contributed by atoms with Crippen LogP contribution in [0.25, 0.3) is 0 Å². The number of rotatable bonds is 20. The lowest BCUT2D eigenvalue weighted by molar-refractivity contribution is -0.163. The fraction of sp³-hybridized carbons (Fsp3) is 0.524. The highest BCUT2D eigenvalue weighted by molar-refractivity contribution is 5.98. The molecular weight excluding hydrogens is 674 g/mol. The molecular formula is C42H55N3O8. The SMILES string of the molecule is C=CCCC(=O)N[C@@H](COC)[C@@H](OC(=O)[C@@H]1[C@@H]2CC[C@]3(O2)[C@H](C(=O)N(CC=C)C(C)CCC)N([C@@H](CO)Cc2ccccc2)C(=O)[C@@H]13)c1ccccc1. The van der Waals surface area contributed by atoms with Gasteiger partial charge in [-0.2, -0.15) is 0 Å². The second-order valence-corrected chi connectivity index (χ2v) is 14.5. The Kier molecular flexibility index (Phi) is 13.6. The number of hydrogen-bond acceptors (Lipinski definition) is 8. The van der Waals surface area contributed by atoms with Gasteiger partial charge in [0.1, 0.15) is 17.7 Å². The maximum atomic E-state index is 15.0. The summed E-state index contributed by atoms with van der Waals surface area (Å²) >= 11 is 0. The van der Waals surface area contributed by atoms with Crippen LogP contribution in [0.4, 0.5) is 0 Å². The highest BCUT2D eigenvalue weighted by atomic mass is 16.6. The van der Waals surface area contributed by atoms with Gasteiger partial charge in [0.15, 0.2) is 0 Å². The van der Waals surface area contributed by atoms with E-state index in [1.54, 1.807) is 17.1 Å². The topological polar surface area (TPSA) is 135 Å². The van der Waals surface area contributed by atoms with Crippen LogP contribution in [-0.4, -0.2) is 101 Å². The molecule has 1 unspecified atom stereocenters. The molecule has 0 radical (unpaired) electrons. The minimum absolute atomic E-state index is 0.0562. The molecule has 11 heteroatoms. The van der Waals surface area contributed by atoms with E-state index in [-0.39, 0.29) is 37.4 Å². The predicted molar refractivity (Wildman–Crippen MR) is 200 cm³/mol. The number of aliphatic hydroxyl groups is 1. The van der Waals surface area contributed by atoms with Gasteiger partial charge in [0, 0.05) is 26.1 Å². The lowest BCUT2D eigenvalue weighted by Crippen LogP contribution is -2.60. The number of carbonyl (C=O) groups is 4. The number of allylic oxidation sites excluding steroid dienone is 1. The number of aliphatic hydroxyl groups excluding tert-OH is 1. The van der Waals surface area contributed by atoms with Gasteiger partial charge in [-0.05, 0) is 50.2 Å². The zero-order valence-electron chi connectivity index (χ0n) is 31.2. The maximum Gasteiger partial charge on any atom is 0.313 e. The molecule has 9 atom stereocenters. The number of methoxy groups -OCH3 is 1. The van der Waals surface area contributed by atoms with Crippen LogP contribution < -0.4 is 5.32 Å². The van der Waals surface area contributed by atoms with Crippen molar-refractivity contribution in [3.8, 4) is 0 Å². The first-order valence-electron chi connectivity index (χ1n) is 18.9. The van der Waals surface area contributed by atoms with Gasteiger partial charge in [0.25, 0.3) is 0 Å². The van der Waals surface area contributed by atoms with Gasteiger partial charge in [-0.25, -0.2) is 0 Å². The van der Waals surface area contributed by atoms with Gasteiger partial charge in [0.2, 0.25) is 17.7 Å². The standard InChI is InChI=1S/C42H55N3O8/c1-6-9-21-34(47)43-32(27-51-5)37(30-19-14-11-15-20-30)52-41(50)35-33-22-23-42(53-33)36(35)39(48)45(31(26-46)25-29-17-12-10-13-18-29)38(42)40(49)44(24-8-3)28(4)16-7-2/h6,8,10-15,17-20,28,31-33,35-38,46H,1,3,7,9,16,21-27H2,2,4-5H3,(H,43,47)/t28?,31-,32+,33+,35-,36-,37+,38+,42-/m1/s1. The molecule has 3 heterocycles. The van der Waals surface area contributed by atoms with Crippen molar-refractivity contribution in [1.29, 1.82) is 0 Å². The van der Waals surface area contributed by atoms with Crippen molar-refractivity contribution >= 4 is 23.7 Å². The van der Waals surface area contributed by atoms with Crippen LogP contribution in [0.1, 0.15) is 69.6 Å². The number of esters is 1. The summed E-state index contributed by atoms with van der Waals surface area (Å²) in [6.07, 6.45) is 5.17. The summed E-state index contributed by atoms with van der Waals surface area (Å²) in [6.45, 7) is 11.6.